The number of nitrogens with zero attached hydrogens (tertiary/aromatic N) is 2. The number of benzene rings is 3. The van der Waals surface area contributed by atoms with Crippen LogP contribution in [0.15, 0.2) is 71.5 Å². The summed E-state index contributed by atoms with van der Waals surface area (Å²) in [6.07, 6.45) is -0.206. The number of hydrogen-bond donors (Lipinski definition) is 2. The molecule has 7 heteroatoms. The molecule has 0 aliphatic carbocycles. The van der Waals surface area contributed by atoms with E-state index in [4.69, 9.17) is 11.6 Å². The predicted octanol–water partition coefficient (Wildman–Crippen LogP) is 6.23. The molecule has 1 unspecified atom stereocenters. The summed E-state index contributed by atoms with van der Waals surface area (Å²) in [5.74, 6) is -0.968. The van der Waals surface area contributed by atoms with Crippen molar-refractivity contribution in [1.29, 1.82) is 0 Å². The fourth-order valence-electron chi connectivity index (χ4n) is 5.08. The lowest BCUT2D eigenvalue weighted by Crippen LogP contribution is -2.31. The standard InChI is InChI=1S/C28H26ClN3O3/c1-16-17(2)30-27-21(16)13-20(29)14-22(27)18(3)31-23-11-7-8-12-24(23)32(28(31)35)25(15-26(33)34)19-9-5-4-6-10-19/h4-14,18,25,30H,15H2,1-3H3,(H,33,34)/t18?,25-/m1/s1. The smallest absolute Gasteiger partial charge is 0.330 e. The Kier molecular flexibility index (Phi) is 5.77. The Bertz CT molecular complexity index is 1630. The molecular weight excluding hydrogens is 462 g/mol. The van der Waals surface area contributed by atoms with E-state index in [1.807, 2.05) is 87.5 Å². The van der Waals surface area contributed by atoms with E-state index in [0.29, 0.717) is 10.5 Å². The van der Waals surface area contributed by atoms with Crippen LogP contribution < -0.4 is 5.69 Å². The average Bonchev–Trinajstić information content (AvgIpc) is 3.29. The minimum absolute atomic E-state index is 0.206. The molecule has 35 heavy (non-hydrogen) atoms. The molecule has 0 saturated carbocycles. The van der Waals surface area contributed by atoms with Gasteiger partial charge in [0.1, 0.15) is 0 Å². The van der Waals surface area contributed by atoms with Crippen molar-refractivity contribution < 1.29 is 9.90 Å². The first-order valence-electron chi connectivity index (χ1n) is 11.5. The first kappa shape index (κ1) is 23.0. The first-order valence-corrected chi connectivity index (χ1v) is 11.9. The van der Waals surface area contributed by atoms with Crippen LogP contribution in [0.3, 0.4) is 0 Å². The van der Waals surface area contributed by atoms with Gasteiger partial charge in [-0.05, 0) is 56.2 Å². The molecular formula is C28H26ClN3O3. The van der Waals surface area contributed by atoms with Crippen molar-refractivity contribution in [3.63, 3.8) is 0 Å². The third kappa shape index (κ3) is 3.84. The molecule has 5 rings (SSSR count). The summed E-state index contributed by atoms with van der Waals surface area (Å²) in [6.45, 7) is 6.04. The monoisotopic (exact) mass is 487 g/mol. The number of nitrogens with one attached hydrogen (secondary N) is 1. The first-order chi connectivity index (χ1) is 16.8. The van der Waals surface area contributed by atoms with Gasteiger partial charge in [0, 0.05) is 21.7 Å². The van der Waals surface area contributed by atoms with Gasteiger partial charge in [-0.25, -0.2) is 4.79 Å². The maximum atomic E-state index is 14.1. The second kappa shape index (κ2) is 8.78. The van der Waals surface area contributed by atoms with Crippen LogP contribution >= 0.6 is 11.6 Å². The number of halogens is 1. The molecule has 0 radical (unpaired) electrons. The molecule has 0 aliphatic heterocycles. The third-order valence-corrected chi connectivity index (χ3v) is 7.15. The molecule has 0 saturated heterocycles. The van der Waals surface area contributed by atoms with E-state index in [2.05, 4.69) is 4.98 Å². The van der Waals surface area contributed by atoms with Crippen LogP contribution in [0.25, 0.3) is 21.9 Å². The van der Waals surface area contributed by atoms with Crippen molar-refractivity contribution >= 4 is 39.5 Å². The van der Waals surface area contributed by atoms with Crippen molar-refractivity contribution in [1.82, 2.24) is 14.1 Å². The molecule has 5 aromatic rings. The van der Waals surface area contributed by atoms with Gasteiger partial charge in [0.2, 0.25) is 0 Å². The Morgan fingerprint density at radius 3 is 2.29 bits per heavy atom. The summed E-state index contributed by atoms with van der Waals surface area (Å²) in [6, 6.07) is 19.7. The Hall–Kier alpha value is -3.77. The second-order valence-electron chi connectivity index (χ2n) is 9.00. The van der Waals surface area contributed by atoms with Crippen molar-refractivity contribution in [2.24, 2.45) is 0 Å². The summed E-state index contributed by atoms with van der Waals surface area (Å²) < 4.78 is 3.35. The van der Waals surface area contributed by atoms with Crippen molar-refractivity contribution in [2.75, 3.05) is 0 Å². The summed E-state index contributed by atoms with van der Waals surface area (Å²) in [5, 5.41) is 11.3. The Morgan fingerprint density at radius 1 is 1.00 bits per heavy atom. The van der Waals surface area contributed by atoms with E-state index in [0.717, 1.165) is 38.8 Å². The van der Waals surface area contributed by atoms with Gasteiger partial charge in [-0.1, -0.05) is 54.1 Å². The molecule has 0 fully saturated rings. The van der Waals surface area contributed by atoms with Crippen LogP contribution in [0.1, 0.15) is 47.8 Å². The van der Waals surface area contributed by atoms with Gasteiger partial charge in [-0.15, -0.1) is 0 Å². The Balaban J connectivity index is 1.78. The highest BCUT2D eigenvalue weighted by molar-refractivity contribution is 6.31. The van der Waals surface area contributed by atoms with E-state index in [9.17, 15) is 14.7 Å². The van der Waals surface area contributed by atoms with Gasteiger partial charge in [0.25, 0.3) is 0 Å². The number of aromatic nitrogens is 3. The minimum Gasteiger partial charge on any atom is -0.481 e. The molecule has 2 N–H and O–H groups in total. The van der Waals surface area contributed by atoms with Crippen molar-refractivity contribution in [3.05, 3.63) is 105 Å². The number of para-hydroxylation sites is 2. The lowest BCUT2D eigenvalue weighted by molar-refractivity contribution is -0.137. The number of carboxylic acids is 1. The minimum atomic E-state index is -0.968. The van der Waals surface area contributed by atoms with Crippen LogP contribution in [0, 0.1) is 13.8 Å². The zero-order valence-corrected chi connectivity index (χ0v) is 20.5. The molecule has 6 nitrogen and oxygen atoms in total. The average molecular weight is 488 g/mol. The van der Waals surface area contributed by atoms with Crippen LogP contribution in [0.4, 0.5) is 0 Å². The number of carboxylic acid groups (broad SMARTS) is 1. The highest BCUT2D eigenvalue weighted by atomic mass is 35.5. The highest BCUT2D eigenvalue weighted by Gasteiger charge is 2.27. The number of H-pyrrole nitrogens is 1. The lowest BCUT2D eigenvalue weighted by Gasteiger charge is -2.18. The van der Waals surface area contributed by atoms with E-state index < -0.39 is 12.0 Å². The molecule has 0 aliphatic rings. The molecule has 2 heterocycles. The van der Waals surface area contributed by atoms with Gasteiger partial charge in [-0.3, -0.25) is 13.9 Å². The van der Waals surface area contributed by atoms with Gasteiger partial charge < -0.3 is 10.1 Å². The Labute approximate surface area is 207 Å². The van der Waals surface area contributed by atoms with E-state index in [1.165, 1.54) is 0 Å². The quantitative estimate of drug-likeness (QED) is 0.298. The summed E-state index contributed by atoms with van der Waals surface area (Å²) >= 11 is 6.52. The summed E-state index contributed by atoms with van der Waals surface area (Å²) in [5.41, 5.74) is 5.97. The van der Waals surface area contributed by atoms with E-state index in [-0.39, 0.29) is 18.2 Å². The largest absolute Gasteiger partial charge is 0.481 e. The van der Waals surface area contributed by atoms with E-state index in [1.54, 1.807) is 9.13 Å². The van der Waals surface area contributed by atoms with Crippen molar-refractivity contribution in [3.8, 4) is 0 Å². The van der Waals surface area contributed by atoms with Crippen molar-refractivity contribution in [2.45, 2.75) is 39.3 Å². The number of hydrogen-bond acceptors (Lipinski definition) is 2. The molecule has 178 valence electrons. The molecule has 2 atom stereocenters. The molecule has 2 aromatic heterocycles. The molecule has 0 amide bonds. The summed E-state index contributed by atoms with van der Waals surface area (Å²) in [4.78, 5) is 29.4. The molecule has 0 spiro atoms. The van der Waals surface area contributed by atoms with Crippen LogP contribution in [0.5, 0.6) is 0 Å². The maximum absolute atomic E-state index is 14.1. The van der Waals surface area contributed by atoms with Crippen LogP contribution in [-0.4, -0.2) is 25.2 Å². The highest BCUT2D eigenvalue weighted by Crippen LogP contribution is 2.34. The fourth-order valence-corrected chi connectivity index (χ4v) is 5.31. The number of aryl methyl sites for hydroxylation is 2. The van der Waals surface area contributed by atoms with Gasteiger partial charge in [-0.2, -0.15) is 0 Å². The van der Waals surface area contributed by atoms with Gasteiger partial charge in [0.15, 0.2) is 0 Å². The zero-order chi connectivity index (χ0) is 24.9. The van der Waals surface area contributed by atoms with E-state index >= 15 is 0 Å². The lowest BCUT2D eigenvalue weighted by atomic mass is 10.0. The number of fused-ring (bicyclic) bond motifs is 2. The molecule has 0 bridgehead atoms. The Morgan fingerprint density at radius 2 is 1.63 bits per heavy atom. The normalized spacial score (nSPS) is 13.4. The number of aliphatic carboxylic acids is 1. The predicted molar refractivity (Wildman–Crippen MR) is 140 cm³/mol. The number of aromatic amines is 1. The number of rotatable bonds is 6. The SMILES string of the molecule is Cc1[nH]c2c(C(C)n3c(=O)n([C@H](CC(=O)O)c4ccccc4)c4ccccc43)cc(Cl)cc2c1C. The maximum Gasteiger partial charge on any atom is 0.330 e. The summed E-state index contributed by atoms with van der Waals surface area (Å²) in [7, 11) is 0. The molecule has 3 aromatic carbocycles. The van der Waals surface area contributed by atoms with Crippen LogP contribution in [-0.2, 0) is 4.79 Å². The third-order valence-electron chi connectivity index (χ3n) is 6.93. The van der Waals surface area contributed by atoms with Gasteiger partial charge in [0.05, 0.1) is 35.1 Å². The fraction of sp³-hybridized carbons (Fsp3) is 0.214. The second-order valence-corrected chi connectivity index (χ2v) is 9.44. The van der Waals surface area contributed by atoms with Gasteiger partial charge >= 0.3 is 11.7 Å². The zero-order valence-electron chi connectivity index (χ0n) is 19.7. The number of carbonyl (C=O) groups is 1. The van der Waals surface area contributed by atoms with Crippen LogP contribution in [0.2, 0.25) is 5.02 Å². The topological polar surface area (TPSA) is 80.0 Å². The number of imidazole rings is 1.